The Bertz CT molecular complexity index is 1890. The standard InChI is InChI=1S/C36H49ClN6O8S/c1-10-20-17-36(20,32(46)41-52(48,49)23-12-13-23)40-29(44)26-16-22(50-30-25-15-21(37)11-14-24(25)27(18-38-30)42(8)9)19-43(26)31(45)28(34(2,3)4)39-33(47)51-35(5,6)7/h10-11,14-15,18,20,22-23,26,28H,1,12-13,16-17,19H2,2-9H3,(H,39,47)(H,40,44)(H,41,46)/t20-,22-,26+,28-,36-/m1/s1. The number of hydrogen-bond acceptors (Lipinski definition) is 10. The summed E-state index contributed by atoms with van der Waals surface area (Å²) in [6.45, 7) is 14.1. The van der Waals surface area contributed by atoms with Crippen LogP contribution in [0.5, 0.6) is 5.88 Å². The average molecular weight is 761 g/mol. The van der Waals surface area contributed by atoms with Crippen molar-refractivity contribution in [1.82, 2.24) is 25.2 Å². The van der Waals surface area contributed by atoms with Crippen LogP contribution >= 0.6 is 11.6 Å². The number of nitrogens with zero attached hydrogens (tertiary/aromatic N) is 3. The van der Waals surface area contributed by atoms with E-state index in [2.05, 4.69) is 26.9 Å². The fourth-order valence-corrected chi connectivity index (χ4v) is 7.95. The summed E-state index contributed by atoms with van der Waals surface area (Å²) in [6, 6.07) is 3.05. The first-order valence-corrected chi connectivity index (χ1v) is 19.2. The molecule has 1 aromatic carbocycles. The Kier molecular flexibility index (Phi) is 10.6. The monoisotopic (exact) mass is 760 g/mol. The number of nitrogens with one attached hydrogen (secondary N) is 3. The molecule has 0 spiro atoms. The molecule has 5 rings (SSSR count). The highest BCUT2D eigenvalue weighted by molar-refractivity contribution is 7.91. The molecule has 2 aromatic rings. The van der Waals surface area contributed by atoms with Gasteiger partial charge in [-0.05, 0) is 57.6 Å². The van der Waals surface area contributed by atoms with E-state index < -0.39 is 79.7 Å². The number of fused-ring (bicyclic) bond motifs is 1. The lowest BCUT2D eigenvalue weighted by Crippen LogP contribution is -2.60. The second-order valence-electron chi connectivity index (χ2n) is 16.1. The van der Waals surface area contributed by atoms with Crippen LogP contribution in [0.2, 0.25) is 5.02 Å². The van der Waals surface area contributed by atoms with E-state index in [1.807, 2.05) is 25.1 Å². The topological polar surface area (TPSA) is 176 Å². The quantitative estimate of drug-likeness (QED) is 0.285. The number of pyridine rings is 1. The second kappa shape index (κ2) is 14.0. The third-order valence-electron chi connectivity index (χ3n) is 9.42. The fourth-order valence-electron chi connectivity index (χ4n) is 6.42. The minimum Gasteiger partial charge on any atom is -0.472 e. The van der Waals surface area contributed by atoms with Gasteiger partial charge >= 0.3 is 6.09 Å². The summed E-state index contributed by atoms with van der Waals surface area (Å²) in [5.41, 5.74) is -2.40. The number of carbonyl (C=O) groups is 4. The van der Waals surface area contributed by atoms with E-state index in [1.54, 1.807) is 59.9 Å². The number of amides is 4. The Morgan fingerprint density at radius 3 is 2.35 bits per heavy atom. The van der Waals surface area contributed by atoms with Crippen molar-refractivity contribution in [3.63, 3.8) is 0 Å². The normalized spacial score (nSPS) is 23.7. The van der Waals surface area contributed by atoms with Gasteiger partial charge in [0.1, 0.15) is 29.3 Å². The number of likely N-dealkylation sites (tertiary alicyclic amines) is 1. The largest absolute Gasteiger partial charge is 0.472 e. The molecule has 0 unspecified atom stereocenters. The molecule has 3 N–H and O–H groups in total. The van der Waals surface area contributed by atoms with Crippen LogP contribution in [0.1, 0.15) is 67.2 Å². The fraction of sp³-hybridized carbons (Fsp3) is 0.583. The Morgan fingerprint density at radius 2 is 1.79 bits per heavy atom. The maximum absolute atomic E-state index is 14.5. The van der Waals surface area contributed by atoms with Crippen molar-refractivity contribution in [2.24, 2.45) is 11.3 Å². The van der Waals surface area contributed by atoms with Crippen LogP contribution < -0.4 is 25.0 Å². The zero-order chi connectivity index (χ0) is 38.6. The molecule has 2 saturated carbocycles. The summed E-state index contributed by atoms with van der Waals surface area (Å²) in [5, 5.41) is 6.75. The van der Waals surface area contributed by atoms with E-state index in [4.69, 9.17) is 21.1 Å². The molecule has 2 aliphatic carbocycles. The van der Waals surface area contributed by atoms with Gasteiger partial charge in [0.05, 0.1) is 23.7 Å². The highest BCUT2D eigenvalue weighted by atomic mass is 35.5. The molecular formula is C36H49ClN6O8S. The van der Waals surface area contributed by atoms with Crippen molar-refractivity contribution in [3.8, 4) is 5.88 Å². The van der Waals surface area contributed by atoms with E-state index in [1.165, 1.54) is 11.0 Å². The zero-order valence-electron chi connectivity index (χ0n) is 30.9. The van der Waals surface area contributed by atoms with Gasteiger partial charge < -0.3 is 29.9 Å². The Labute approximate surface area is 310 Å². The summed E-state index contributed by atoms with van der Waals surface area (Å²) in [4.78, 5) is 63.0. The molecule has 1 saturated heterocycles. The van der Waals surface area contributed by atoms with Crippen molar-refractivity contribution < 1.29 is 37.1 Å². The van der Waals surface area contributed by atoms with Gasteiger partial charge in [-0.15, -0.1) is 6.58 Å². The van der Waals surface area contributed by atoms with Crippen molar-refractivity contribution in [2.45, 2.75) is 102 Å². The molecule has 0 bridgehead atoms. The number of anilines is 1. The number of hydrogen-bond donors (Lipinski definition) is 3. The molecule has 5 atom stereocenters. The summed E-state index contributed by atoms with van der Waals surface area (Å²) in [5.74, 6) is -2.39. The Balaban J connectivity index is 1.47. The summed E-state index contributed by atoms with van der Waals surface area (Å²) < 4.78 is 39.4. The first-order valence-electron chi connectivity index (χ1n) is 17.3. The maximum Gasteiger partial charge on any atom is 0.408 e. The van der Waals surface area contributed by atoms with Gasteiger partial charge in [0.2, 0.25) is 27.7 Å². The number of aromatic nitrogens is 1. The van der Waals surface area contributed by atoms with Crippen molar-refractivity contribution in [1.29, 1.82) is 0 Å². The predicted octanol–water partition coefficient (Wildman–Crippen LogP) is 3.91. The maximum atomic E-state index is 14.5. The van der Waals surface area contributed by atoms with Crippen molar-refractivity contribution in [3.05, 3.63) is 42.1 Å². The predicted molar refractivity (Wildman–Crippen MR) is 197 cm³/mol. The van der Waals surface area contributed by atoms with Gasteiger partial charge in [0.25, 0.3) is 5.91 Å². The zero-order valence-corrected chi connectivity index (χ0v) is 32.5. The smallest absolute Gasteiger partial charge is 0.408 e. The number of halogens is 1. The highest BCUT2D eigenvalue weighted by Gasteiger charge is 2.62. The summed E-state index contributed by atoms with van der Waals surface area (Å²) in [7, 11) is -0.134. The Hall–Kier alpha value is -4.11. The van der Waals surface area contributed by atoms with E-state index >= 15 is 0 Å². The van der Waals surface area contributed by atoms with Gasteiger partial charge in [-0.25, -0.2) is 18.2 Å². The SMILES string of the molecule is C=C[C@@H]1C[C@]1(NC(=O)[C@@H]1C[C@@H](Oc2ncc(N(C)C)c3ccc(Cl)cc23)CN1C(=O)[C@@H](NC(=O)OC(C)(C)C)C(C)(C)C)C(=O)NS(=O)(=O)C1CC1. The number of alkyl carbamates (subject to hydrolysis) is 1. The summed E-state index contributed by atoms with van der Waals surface area (Å²) >= 11 is 6.38. The average Bonchev–Trinajstić information content (AvgIpc) is 3.95. The number of carbonyl (C=O) groups excluding carboxylic acids is 4. The van der Waals surface area contributed by atoms with Gasteiger partial charge in [-0.3, -0.25) is 19.1 Å². The minimum atomic E-state index is -3.91. The lowest BCUT2D eigenvalue weighted by atomic mass is 9.85. The van der Waals surface area contributed by atoms with Crippen LogP contribution in [0.25, 0.3) is 10.8 Å². The lowest BCUT2D eigenvalue weighted by Gasteiger charge is -2.36. The summed E-state index contributed by atoms with van der Waals surface area (Å²) in [6.07, 6.45) is 2.63. The molecule has 3 aliphatic rings. The molecule has 52 heavy (non-hydrogen) atoms. The molecular weight excluding hydrogens is 712 g/mol. The van der Waals surface area contributed by atoms with Gasteiger partial charge in [0, 0.05) is 42.2 Å². The molecule has 3 fully saturated rings. The number of ether oxygens (including phenoxy) is 2. The van der Waals surface area contributed by atoms with Crippen LogP contribution in [0.4, 0.5) is 10.5 Å². The molecule has 16 heteroatoms. The molecule has 0 radical (unpaired) electrons. The third kappa shape index (κ3) is 8.41. The third-order valence-corrected chi connectivity index (χ3v) is 11.5. The molecule has 1 aromatic heterocycles. The second-order valence-corrected chi connectivity index (χ2v) is 18.5. The van der Waals surface area contributed by atoms with Crippen LogP contribution in [0.15, 0.2) is 37.1 Å². The number of benzene rings is 1. The molecule has 4 amide bonds. The van der Waals surface area contributed by atoms with Crippen molar-refractivity contribution in [2.75, 3.05) is 25.5 Å². The highest BCUT2D eigenvalue weighted by Crippen LogP contribution is 2.46. The molecule has 14 nitrogen and oxygen atoms in total. The van der Waals surface area contributed by atoms with E-state index in [-0.39, 0.29) is 25.3 Å². The van der Waals surface area contributed by atoms with Gasteiger partial charge in [-0.2, -0.15) is 0 Å². The minimum absolute atomic E-state index is 0.00310. The number of sulfonamides is 1. The van der Waals surface area contributed by atoms with Crippen molar-refractivity contribution >= 4 is 61.9 Å². The Morgan fingerprint density at radius 1 is 1.12 bits per heavy atom. The van der Waals surface area contributed by atoms with Crippen LogP contribution in [0, 0.1) is 11.3 Å². The van der Waals surface area contributed by atoms with Crippen LogP contribution in [0.3, 0.4) is 0 Å². The number of rotatable bonds is 11. The van der Waals surface area contributed by atoms with E-state index in [0.717, 1.165) is 11.1 Å². The van der Waals surface area contributed by atoms with Crippen LogP contribution in [-0.4, -0.2) is 97.3 Å². The van der Waals surface area contributed by atoms with Gasteiger partial charge in [0.15, 0.2) is 0 Å². The van der Waals surface area contributed by atoms with E-state index in [0.29, 0.717) is 23.3 Å². The van der Waals surface area contributed by atoms with Crippen LogP contribution in [-0.2, 0) is 29.1 Å². The molecule has 2 heterocycles. The lowest BCUT2D eigenvalue weighted by molar-refractivity contribution is -0.143. The van der Waals surface area contributed by atoms with Gasteiger partial charge in [-0.1, -0.05) is 44.5 Å². The first kappa shape index (κ1) is 39.1. The molecule has 284 valence electrons. The molecule has 1 aliphatic heterocycles. The first-order chi connectivity index (χ1) is 24.1. The van der Waals surface area contributed by atoms with E-state index in [9.17, 15) is 27.6 Å².